The van der Waals surface area contributed by atoms with E-state index in [0.717, 1.165) is 37.1 Å². The second kappa shape index (κ2) is 11.6. The molecular weight excluding hydrogens is 490 g/mol. The van der Waals surface area contributed by atoms with Crippen LogP contribution in [0.1, 0.15) is 51.0 Å². The van der Waals surface area contributed by atoms with Gasteiger partial charge >= 0.3 is 6.09 Å². The first kappa shape index (κ1) is 26.1. The summed E-state index contributed by atoms with van der Waals surface area (Å²) in [7, 11) is 0. The number of amides is 1. The summed E-state index contributed by atoms with van der Waals surface area (Å²) in [6.07, 6.45) is 7.83. The SMILES string of the molecule is CC(C)N1CCC(c2ccc(-c3cc4c(N5CCN(C(=O)OC6CCOCC6)CC5)ccnn4c3)cc2)CC1. The first-order valence-electron chi connectivity index (χ1n) is 14.6. The van der Waals surface area contributed by atoms with Crippen molar-refractivity contribution in [2.75, 3.05) is 57.4 Å². The van der Waals surface area contributed by atoms with E-state index in [9.17, 15) is 4.79 Å². The number of hydrogen-bond acceptors (Lipinski definition) is 6. The van der Waals surface area contributed by atoms with Gasteiger partial charge < -0.3 is 24.2 Å². The van der Waals surface area contributed by atoms with Gasteiger partial charge in [-0.25, -0.2) is 9.31 Å². The number of rotatable bonds is 5. The van der Waals surface area contributed by atoms with Crippen molar-refractivity contribution < 1.29 is 14.3 Å². The molecule has 1 amide bonds. The molecule has 0 radical (unpaired) electrons. The van der Waals surface area contributed by atoms with E-state index in [-0.39, 0.29) is 12.2 Å². The van der Waals surface area contributed by atoms with Crippen LogP contribution in [-0.4, -0.2) is 90.1 Å². The summed E-state index contributed by atoms with van der Waals surface area (Å²) < 4.78 is 13.1. The van der Waals surface area contributed by atoms with E-state index in [2.05, 4.69) is 71.3 Å². The normalized spacial score (nSPS) is 20.2. The maximum absolute atomic E-state index is 12.7. The molecule has 3 aromatic rings. The molecule has 0 unspecified atom stereocenters. The predicted octanol–water partition coefficient (Wildman–Crippen LogP) is 5.03. The zero-order valence-corrected chi connectivity index (χ0v) is 23.3. The molecule has 0 aliphatic carbocycles. The molecule has 8 nitrogen and oxygen atoms in total. The third kappa shape index (κ3) is 5.77. The van der Waals surface area contributed by atoms with E-state index < -0.39 is 0 Å². The van der Waals surface area contributed by atoms with Gasteiger partial charge in [0.25, 0.3) is 0 Å². The van der Waals surface area contributed by atoms with Gasteiger partial charge in [0, 0.05) is 63.0 Å². The Morgan fingerprint density at radius 1 is 0.923 bits per heavy atom. The third-order valence-electron chi connectivity index (χ3n) is 8.78. The van der Waals surface area contributed by atoms with Crippen LogP contribution in [-0.2, 0) is 9.47 Å². The number of fused-ring (bicyclic) bond motifs is 1. The molecule has 3 saturated heterocycles. The standard InChI is InChI=1S/C31H41N5O3/c1-23(2)33-13-8-26(9-14-33)24-3-5-25(6-4-24)27-21-30-29(7-12-32-36(30)22-27)34-15-17-35(18-16-34)31(37)39-28-10-19-38-20-11-28/h3-7,12,21-23,26,28H,8-11,13-20H2,1-2H3. The Kier molecular flexibility index (Phi) is 7.75. The number of carbonyl (C=O) groups excluding carboxylic acids is 1. The minimum atomic E-state index is -0.194. The minimum absolute atomic E-state index is 0.0183. The molecule has 0 N–H and O–H groups in total. The number of piperidine rings is 1. The Balaban J connectivity index is 1.10. The van der Waals surface area contributed by atoms with Gasteiger partial charge in [-0.2, -0.15) is 5.10 Å². The van der Waals surface area contributed by atoms with Crippen LogP contribution in [0.2, 0.25) is 0 Å². The number of aromatic nitrogens is 2. The zero-order chi connectivity index (χ0) is 26.8. The largest absolute Gasteiger partial charge is 0.446 e. The highest BCUT2D eigenvalue weighted by Gasteiger charge is 2.27. The summed E-state index contributed by atoms with van der Waals surface area (Å²) in [6.45, 7) is 11.2. The number of carbonyl (C=O) groups is 1. The van der Waals surface area contributed by atoms with Gasteiger partial charge in [0.2, 0.25) is 0 Å². The van der Waals surface area contributed by atoms with E-state index in [1.807, 2.05) is 15.6 Å². The number of piperazine rings is 1. The average Bonchev–Trinajstić information content (AvgIpc) is 3.43. The Morgan fingerprint density at radius 2 is 1.64 bits per heavy atom. The molecule has 3 aliphatic heterocycles. The van der Waals surface area contributed by atoms with Crippen molar-refractivity contribution in [2.45, 2.75) is 57.6 Å². The summed E-state index contributed by atoms with van der Waals surface area (Å²) in [6, 6.07) is 14.1. The second-order valence-corrected chi connectivity index (χ2v) is 11.5. The van der Waals surface area contributed by atoms with Crippen LogP contribution in [0.3, 0.4) is 0 Å². The summed E-state index contributed by atoms with van der Waals surface area (Å²) >= 11 is 0. The number of ether oxygens (including phenoxy) is 2. The lowest BCUT2D eigenvalue weighted by molar-refractivity contribution is -0.0106. The van der Waals surface area contributed by atoms with Crippen molar-refractivity contribution in [2.24, 2.45) is 0 Å². The minimum Gasteiger partial charge on any atom is -0.446 e. The molecule has 0 saturated carbocycles. The fourth-order valence-electron chi connectivity index (χ4n) is 6.26. The molecule has 39 heavy (non-hydrogen) atoms. The highest BCUT2D eigenvalue weighted by atomic mass is 16.6. The van der Waals surface area contributed by atoms with Gasteiger partial charge in [0.05, 0.1) is 24.4 Å². The van der Waals surface area contributed by atoms with Crippen LogP contribution in [0.25, 0.3) is 16.6 Å². The van der Waals surface area contributed by atoms with E-state index in [0.29, 0.717) is 38.3 Å². The molecule has 3 fully saturated rings. The summed E-state index contributed by atoms with van der Waals surface area (Å²) in [5.74, 6) is 0.656. The topological polar surface area (TPSA) is 62.5 Å². The highest BCUT2D eigenvalue weighted by Crippen LogP contribution is 2.32. The van der Waals surface area contributed by atoms with Crippen LogP contribution >= 0.6 is 0 Å². The Labute approximate surface area is 231 Å². The number of anilines is 1. The quantitative estimate of drug-likeness (QED) is 0.460. The fourth-order valence-corrected chi connectivity index (χ4v) is 6.26. The van der Waals surface area contributed by atoms with Gasteiger partial charge in [-0.05, 0) is 69.0 Å². The lowest BCUT2D eigenvalue weighted by Crippen LogP contribution is -2.49. The maximum atomic E-state index is 12.7. The molecule has 1 aromatic carbocycles. The third-order valence-corrected chi connectivity index (χ3v) is 8.78. The van der Waals surface area contributed by atoms with Crippen LogP contribution in [0.5, 0.6) is 0 Å². The average molecular weight is 532 g/mol. The molecule has 6 rings (SSSR count). The van der Waals surface area contributed by atoms with Crippen molar-refractivity contribution in [1.82, 2.24) is 19.4 Å². The first-order chi connectivity index (χ1) is 19.0. The van der Waals surface area contributed by atoms with E-state index >= 15 is 0 Å². The maximum Gasteiger partial charge on any atom is 0.410 e. The van der Waals surface area contributed by atoms with Crippen molar-refractivity contribution in [3.05, 3.63) is 54.4 Å². The predicted molar refractivity (Wildman–Crippen MR) is 153 cm³/mol. The lowest BCUT2D eigenvalue weighted by Gasteiger charge is -2.36. The molecule has 3 aliphatic rings. The van der Waals surface area contributed by atoms with Crippen LogP contribution in [0, 0.1) is 0 Å². The molecule has 0 spiro atoms. The summed E-state index contributed by atoms with van der Waals surface area (Å²) in [4.78, 5) is 19.4. The summed E-state index contributed by atoms with van der Waals surface area (Å²) in [5, 5.41) is 4.59. The lowest BCUT2D eigenvalue weighted by atomic mass is 9.88. The fraction of sp³-hybridized carbons (Fsp3) is 0.548. The van der Waals surface area contributed by atoms with E-state index in [1.165, 1.54) is 42.6 Å². The highest BCUT2D eigenvalue weighted by molar-refractivity contribution is 5.80. The Morgan fingerprint density at radius 3 is 2.33 bits per heavy atom. The van der Waals surface area contributed by atoms with Crippen LogP contribution in [0.15, 0.2) is 48.8 Å². The molecule has 208 valence electrons. The zero-order valence-electron chi connectivity index (χ0n) is 23.3. The van der Waals surface area contributed by atoms with Crippen LogP contribution < -0.4 is 4.90 Å². The first-order valence-corrected chi connectivity index (χ1v) is 14.6. The molecular formula is C31H41N5O3. The number of hydrogen-bond donors (Lipinski definition) is 0. The Bertz CT molecular complexity index is 1250. The Hall–Kier alpha value is -3.10. The molecule has 0 bridgehead atoms. The van der Waals surface area contributed by atoms with Gasteiger partial charge in [0.15, 0.2) is 0 Å². The number of likely N-dealkylation sites (tertiary alicyclic amines) is 1. The monoisotopic (exact) mass is 531 g/mol. The van der Waals surface area contributed by atoms with Crippen molar-refractivity contribution in [1.29, 1.82) is 0 Å². The van der Waals surface area contributed by atoms with Crippen molar-refractivity contribution >= 4 is 17.3 Å². The van der Waals surface area contributed by atoms with Gasteiger partial charge in [-0.3, -0.25) is 0 Å². The van der Waals surface area contributed by atoms with Crippen LogP contribution in [0.4, 0.5) is 10.5 Å². The second-order valence-electron chi connectivity index (χ2n) is 11.5. The van der Waals surface area contributed by atoms with E-state index in [4.69, 9.17) is 9.47 Å². The van der Waals surface area contributed by atoms with Gasteiger partial charge in [0.1, 0.15) is 6.10 Å². The molecule has 5 heterocycles. The van der Waals surface area contributed by atoms with Crippen molar-refractivity contribution in [3.63, 3.8) is 0 Å². The number of benzene rings is 1. The van der Waals surface area contributed by atoms with E-state index in [1.54, 1.807) is 0 Å². The molecule has 2 aromatic heterocycles. The summed E-state index contributed by atoms with van der Waals surface area (Å²) in [5.41, 5.74) is 6.10. The van der Waals surface area contributed by atoms with Crippen molar-refractivity contribution in [3.8, 4) is 11.1 Å². The molecule has 0 atom stereocenters. The van der Waals surface area contributed by atoms with Gasteiger partial charge in [-0.15, -0.1) is 0 Å². The van der Waals surface area contributed by atoms with Gasteiger partial charge in [-0.1, -0.05) is 24.3 Å². The number of nitrogens with zero attached hydrogens (tertiary/aromatic N) is 5. The molecule has 8 heteroatoms. The smallest absolute Gasteiger partial charge is 0.410 e.